The maximum Gasteiger partial charge on any atom is 0.259 e. The normalized spacial score (nSPS) is 18.6. The van der Waals surface area contributed by atoms with E-state index in [4.69, 9.17) is 20.9 Å². The Bertz CT molecular complexity index is 930. The lowest BCUT2D eigenvalue weighted by atomic mass is 9.88. The first-order chi connectivity index (χ1) is 14.4. The Morgan fingerprint density at radius 3 is 2.60 bits per heavy atom. The van der Waals surface area contributed by atoms with Crippen molar-refractivity contribution in [2.75, 3.05) is 32.8 Å². The van der Waals surface area contributed by atoms with Gasteiger partial charge < -0.3 is 19.1 Å². The molecule has 2 aliphatic rings. The molecule has 2 fully saturated rings. The van der Waals surface area contributed by atoms with Crippen molar-refractivity contribution in [1.82, 2.24) is 15.0 Å². The Hall–Kier alpha value is -2.38. The minimum absolute atomic E-state index is 0.0502. The number of nitrogens with zero attached hydrogens (tertiary/aromatic N) is 3. The highest BCUT2D eigenvalue weighted by Crippen LogP contribution is 2.31. The number of ether oxygens (including phenoxy) is 1. The van der Waals surface area contributed by atoms with Crippen LogP contribution in [0.4, 0.5) is 0 Å². The van der Waals surface area contributed by atoms with Crippen LogP contribution in [0.25, 0.3) is 0 Å². The maximum atomic E-state index is 12.9. The molecular weight excluding hydrogens is 406 g/mol. The molecule has 1 aromatic carbocycles. The zero-order chi connectivity index (χ0) is 21.3. The quantitative estimate of drug-likeness (QED) is 0.746. The fraction of sp³-hybridized carbons (Fsp3) is 0.500. The monoisotopic (exact) mass is 431 g/mol. The van der Waals surface area contributed by atoms with Crippen molar-refractivity contribution in [3.63, 3.8) is 0 Å². The van der Waals surface area contributed by atoms with E-state index in [1.807, 2.05) is 28.0 Å². The Morgan fingerprint density at radius 1 is 1.17 bits per heavy atom. The highest BCUT2D eigenvalue weighted by atomic mass is 35.5. The van der Waals surface area contributed by atoms with E-state index in [1.54, 1.807) is 19.9 Å². The summed E-state index contributed by atoms with van der Waals surface area (Å²) in [6, 6.07) is 7.40. The summed E-state index contributed by atoms with van der Waals surface area (Å²) in [7, 11) is 0. The molecule has 0 saturated carbocycles. The summed E-state index contributed by atoms with van der Waals surface area (Å²) >= 11 is 6.04. The van der Waals surface area contributed by atoms with E-state index in [0.29, 0.717) is 74.1 Å². The van der Waals surface area contributed by atoms with Crippen LogP contribution in [-0.4, -0.2) is 65.2 Å². The predicted molar refractivity (Wildman–Crippen MR) is 112 cm³/mol. The Kier molecular flexibility index (Phi) is 5.84. The lowest BCUT2D eigenvalue weighted by Gasteiger charge is -2.47. The number of likely N-dealkylation sites (tertiary alicyclic amines) is 1. The average Bonchev–Trinajstić information content (AvgIpc) is 3.06. The molecule has 0 N–H and O–H groups in total. The molecule has 8 heteroatoms. The zero-order valence-corrected chi connectivity index (χ0v) is 18.1. The molecule has 2 amide bonds. The zero-order valence-electron chi connectivity index (χ0n) is 17.3. The largest absolute Gasteiger partial charge is 0.371 e. The molecule has 3 heterocycles. The molecule has 1 aromatic heterocycles. The molecule has 2 aliphatic heterocycles. The first-order valence-electron chi connectivity index (χ1n) is 10.3. The van der Waals surface area contributed by atoms with Crippen molar-refractivity contribution in [2.24, 2.45) is 0 Å². The number of hydrogen-bond donors (Lipinski definition) is 0. The van der Waals surface area contributed by atoms with Gasteiger partial charge in [-0.2, -0.15) is 0 Å². The van der Waals surface area contributed by atoms with Gasteiger partial charge in [-0.1, -0.05) is 28.9 Å². The van der Waals surface area contributed by atoms with Crippen LogP contribution in [0.5, 0.6) is 0 Å². The standard InChI is InChI=1S/C22H26ClN3O4/c1-15-20(16(2)30-24-15)21(28)25-8-6-22(7-9-25)14-26(10-11-29-22)19(27)13-17-4-3-5-18(23)12-17/h3-5,12H,6-11,13-14H2,1-2H3. The molecule has 2 saturated heterocycles. The van der Waals surface area contributed by atoms with Gasteiger partial charge in [0, 0.05) is 31.2 Å². The summed E-state index contributed by atoms with van der Waals surface area (Å²) < 4.78 is 11.3. The maximum absolute atomic E-state index is 12.9. The molecule has 0 unspecified atom stereocenters. The van der Waals surface area contributed by atoms with Gasteiger partial charge in [0.1, 0.15) is 11.3 Å². The highest BCUT2D eigenvalue weighted by Gasteiger charge is 2.42. The number of halogens is 1. The van der Waals surface area contributed by atoms with Crippen LogP contribution in [0.1, 0.15) is 40.2 Å². The second kappa shape index (κ2) is 8.40. The summed E-state index contributed by atoms with van der Waals surface area (Å²) in [6.45, 7) is 6.36. The number of carbonyl (C=O) groups excluding carboxylic acids is 2. The lowest BCUT2D eigenvalue weighted by Crippen LogP contribution is -2.58. The molecule has 160 valence electrons. The van der Waals surface area contributed by atoms with E-state index in [0.717, 1.165) is 5.56 Å². The van der Waals surface area contributed by atoms with Gasteiger partial charge in [0.15, 0.2) is 0 Å². The SMILES string of the molecule is Cc1noc(C)c1C(=O)N1CCC2(CC1)CN(C(=O)Cc1cccc(Cl)c1)CCO2. The molecule has 2 aromatic rings. The predicted octanol–water partition coefficient (Wildman–Crippen LogP) is 3.02. The highest BCUT2D eigenvalue weighted by molar-refractivity contribution is 6.30. The molecule has 0 atom stereocenters. The van der Waals surface area contributed by atoms with Crippen LogP contribution in [0, 0.1) is 13.8 Å². The molecule has 0 radical (unpaired) electrons. The third kappa shape index (κ3) is 4.23. The summed E-state index contributed by atoms with van der Waals surface area (Å²) in [5.74, 6) is 0.574. The van der Waals surface area contributed by atoms with Crippen molar-refractivity contribution in [1.29, 1.82) is 0 Å². The Balaban J connectivity index is 1.38. The number of carbonyl (C=O) groups is 2. The van der Waals surface area contributed by atoms with E-state index in [1.165, 1.54) is 0 Å². The van der Waals surface area contributed by atoms with Gasteiger partial charge >= 0.3 is 0 Å². The molecule has 0 aliphatic carbocycles. The second-order valence-corrected chi connectivity index (χ2v) is 8.58. The number of morpholine rings is 1. The van der Waals surface area contributed by atoms with Crippen molar-refractivity contribution < 1.29 is 18.8 Å². The van der Waals surface area contributed by atoms with E-state index >= 15 is 0 Å². The number of aryl methyl sites for hydroxylation is 2. The molecule has 4 rings (SSSR count). The van der Waals surface area contributed by atoms with E-state index in [9.17, 15) is 9.59 Å². The van der Waals surface area contributed by atoms with Crippen LogP contribution in [-0.2, 0) is 16.0 Å². The summed E-state index contributed by atoms with van der Waals surface area (Å²) in [5, 5.41) is 4.52. The molecule has 1 spiro atoms. The third-order valence-corrected chi connectivity index (χ3v) is 6.29. The summed E-state index contributed by atoms with van der Waals surface area (Å²) in [5.41, 5.74) is 1.68. The van der Waals surface area contributed by atoms with Crippen molar-refractivity contribution in [2.45, 2.75) is 38.7 Å². The van der Waals surface area contributed by atoms with E-state index < -0.39 is 5.60 Å². The number of aromatic nitrogens is 1. The van der Waals surface area contributed by atoms with Gasteiger partial charge in [-0.15, -0.1) is 0 Å². The van der Waals surface area contributed by atoms with Crippen LogP contribution in [0.2, 0.25) is 5.02 Å². The van der Waals surface area contributed by atoms with Crippen LogP contribution in [0.3, 0.4) is 0 Å². The van der Waals surface area contributed by atoms with Crippen LogP contribution >= 0.6 is 11.6 Å². The fourth-order valence-electron chi connectivity index (χ4n) is 4.36. The van der Waals surface area contributed by atoms with Crippen molar-refractivity contribution in [3.05, 3.63) is 51.9 Å². The van der Waals surface area contributed by atoms with Crippen molar-refractivity contribution >= 4 is 23.4 Å². The smallest absolute Gasteiger partial charge is 0.259 e. The molecular formula is C22H26ClN3O4. The number of piperidine rings is 1. The Morgan fingerprint density at radius 2 is 1.93 bits per heavy atom. The third-order valence-electron chi connectivity index (χ3n) is 6.05. The van der Waals surface area contributed by atoms with E-state index in [-0.39, 0.29) is 11.8 Å². The molecule has 7 nitrogen and oxygen atoms in total. The minimum Gasteiger partial charge on any atom is -0.371 e. The van der Waals surface area contributed by atoms with Gasteiger partial charge in [-0.25, -0.2) is 0 Å². The van der Waals surface area contributed by atoms with Gasteiger partial charge in [-0.05, 0) is 44.4 Å². The topological polar surface area (TPSA) is 75.9 Å². The summed E-state index contributed by atoms with van der Waals surface area (Å²) in [4.78, 5) is 29.5. The average molecular weight is 432 g/mol. The molecule has 30 heavy (non-hydrogen) atoms. The number of amides is 2. The first-order valence-corrected chi connectivity index (χ1v) is 10.6. The Labute approximate surface area is 180 Å². The van der Waals surface area contributed by atoms with Crippen LogP contribution < -0.4 is 0 Å². The van der Waals surface area contributed by atoms with Gasteiger partial charge in [0.05, 0.1) is 24.3 Å². The minimum atomic E-state index is -0.391. The second-order valence-electron chi connectivity index (χ2n) is 8.14. The van der Waals surface area contributed by atoms with Gasteiger partial charge in [-0.3, -0.25) is 9.59 Å². The fourth-order valence-corrected chi connectivity index (χ4v) is 4.57. The first kappa shape index (κ1) is 20.9. The summed E-state index contributed by atoms with van der Waals surface area (Å²) in [6.07, 6.45) is 1.72. The lowest BCUT2D eigenvalue weighted by molar-refractivity contribution is -0.157. The van der Waals surface area contributed by atoms with E-state index in [2.05, 4.69) is 5.16 Å². The molecule has 0 bridgehead atoms. The number of benzene rings is 1. The van der Waals surface area contributed by atoms with Gasteiger partial charge in [0.2, 0.25) is 5.91 Å². The number of rotatable bonds is 3. The van der Waals surface area contributed by atoms with Crippen molar-refractivity contribution in [3.8, 4) is 0 Å². The van der Waals surface area contributed by atoms with Gasteiger partial charge in [0.25, 0.3) is 5.91 Å². The number of hydrogen-bond acceptors (Lipinski definition) is 5. The van der Waals surface area contributed by atoms with Crippen LogP contribution in [0.15, 0.2) is 28.8 Å².